The van der Waals surface area contributed by atoms with E-state index >= 15 is 0 Å². The molecule has 104 heavy (non-hydrogen) atoms. The van der Waals surface area contributed by atoms with E-state index in [2.05, 4.69) is 400 Å². The maximum atomic E-state index is 2.56. The Labute approximate surface area is 612 Å². The quantitative estimate of drug-likeness (QED) is 0.129. The predicted molar refractivity (Wildman–Crippen MR) is 445 cm³/mol. The number of rotatable bonds is 10. The van der Waals surface area contributed by atoms with Gasteiger partial charge in [-0.1, -0.05) is 318 Å². The fraction of sp³-hybridized carbons (Fsp3) is 0.118. The molecule has 0 bridgehead atoms. The van der Waals surface area contributed by atoms with Crippen molar-refractivity contribution >= 4 is 50.3 Å². The van der Waals surface area contributed by atoms with Gasteiger partial charge in [0.1, 0.15) is 0 Å². The van der Waals surface area contributed by atoms with Gasteiger partial charge in [-0.3, -0.25) is 0 Å². The first kappa shape index (κ1) is 63.3. The van der Waals surface area contributed by atoms with Crippen LogP contribution < -0.4 is 0 Å². The SMILES string of the molecule is CC1(C)c2ccccc2C(C)(C)c2c(-c3cc(-c4cccc(-c5cccc(-n6c7ccccc7c7cc8c9ccccc9p(-c9cccc(-c%10cccc(-c%11cc(-c%12ccccc%12)cc(-c%12ccccc%12)c%11)c%10)c9)c8cc76)c5)c4)cc(-c4cccc5c4C(C)(C)c4ccccc4C5(C)C)c3)cccc21. The van der Waals surface area contributed by atoms with Gasteiger partial charge in [0.15, 0.2) is 0 Å². The van der Waals surface area contributed by atoms with Crippen molar-refractivity contribution in [3.8, 4) is 100 Å². The molecule has 2 heteroatoms. The van der Waals surface area contributed by atoms with Crippen LogP contribution in [0.1, 0.15) is 99.9 Å². The second-order valence-electron chi connectivity index (χ2n) is 31.2. The monoisotopic (exact) mass is 1350 g/mol. The summed E-state index contributed by atoms with van der Waals surface area (Å²) in [6.07, 6.45) is 0. The Morgan fingerprint density at radius 1 is 0.212 bits per heavy atom. The Hall–Kier alpha value is -11.6. The molecule has 0 fully saturated rings. The second-order valence-corrected chi connectivity index (χ2v) is 33.4. The minimum Gasteiger partial charge on any atom is -0.309 e. The lowest BCUT2D eigenvalue weighted by Crippen LogP contribution is -2.37. The van der Waals surface area contributed by atoms with Crippen molar-refractivity contribution in [3.63, 3.8) is 0 Å². The zero-order valence-electron chi connectivity index (χ0n) is 60.2. The molecule has 2 aromatic heterocycles. The molecular formula is C102H80NP. The lowest BCUT2D eigenvalue weighted by molar-refractivity contribution is 0.522. The van der Waals surface area contributed by atoms with E-state index in [1.54, 1.807) is 0 Å². The number of para-hydroxylation sites is 1. The summed E-state index contributed by atoms with van der Waals surface area (Å²) in [4.78, 5) is 0. The van der Waals surface area contributed by atoms with Crippen molar-refractivity contribution in [2.24, 2.45) is 0 Å². The molecule has 498 valence electrons. The van der Waals surface area contributed by atoms with Crippen molar-refractivity contribution in [1.29, 1.82) is 0 Å². The van der Waals surface area contributed by atoms with Crippen LogP contribution in [0.3, 0.4) is 0 Å². The van der Waals surface area contributed by atoms with Crippen LogP contribution in [0.25, 0.3) is 143 Å². The van der Waals surface area contributed by atoms with Crippen LogP contribution in [0.4, 0.5) is 0 Å². The van der Waals surface area contributed by atoms with Crippen LogP contribution in [-0.2, 0) is 21.7 Å². The molecule has 17 aromatic rings. The summed E-state index contributed by atoms with van der Waals surface area (Å²) < 4.78 is 2.53. The summed E-state index contributed by atoms with van der Waals surface area (Å²) in [6.45, 7) is 19.4. The smallest absolute Gasteiger partial charge is 0.0550 e. The zero-order chi connectivity index (χ0) is 70.4. The first-order chi connectivity index (χ1) is 50.6. The third kappa shape index (κ3) is 10.0. The average molecular weight is 1350 g/mol. The Kier molecular flexibility index (Phi) is 14.6. The average Bonchev–Trinajstić information content (AvgIpc) is 1.31. The van der Waals surface area contributed by atoms with Gasteiger partial charge in [-0.25, -0.2) is 0 Å². The van der Waals surface area contributed by atoms with Crippen molar-refractivity contribution in [2.75, 3.05) is 0 Å². The summed E-state index contributed by atoms with van der Waals surface area (Å²) in [7, 11) is -0.935. The summed E-state index contributed by atoms with van der Waals surface area (Å²) in [5.74, 6) is 0. The Bertz CT molecular complexity index is 6150. The molecular weight excluding hydrogens is 1270 g/mol. The highest BCUT2D eigenvalue weighted by Crippen LogP contribution is 2.59. The van der Waals surface area contributed by atoms with E-state index in [4.69, 9.17) is 0 Å². The minimum atomic E-state index is -0.935. The van der Waals surface area contributed by atoms with Crippen molar-refractivity contribution < 1.29 is 0 Å². The summed E-state index contributed by atoms with van der Waals surface area (Å²) in [5, 5.41) is 9.31. The molecule has 2 heterocycles. The van der Waals surface area contributed by atoms with Gasteiger partial charge >= 0.3 is 0 Å². The maximum Gasteiger partial charge on any atom is 0.0550 e. The summed E-state index contributed by atoms with van der Waals surface area (Å²) in [6, 6.07) is 129. The fourth-order valence-corrected chi connectivity index (χ4v) is 21.2. The second kappa shape index (κ2) is 24.0. The van der Waals surface area contributed by atoms with Crippen LogP contribution >= 0.6 is 7.53 Å². The van der Waals surface area contributed by atoms with E-state index in [0.717, 1.165) is 5.69 Å². The minimum absolute atomic E-state index is 0.189. The predicted octanol–water partition coefficient (Wildman–Crippen LogP) is 28.3. The normalized spacial score (nSPS) is 14.6. The Morgan fingerprint density at radius 2 is 0.577 bits per heavy atom. The van der Waals surface area contributed by atoms with E-state index in [1.807, 2.05) is 0 Å². The molecule has 1 nitrogen and oxygen atoms in total. The van der Waals surface area contributed by atoms with Gasteiger partial charge in [0.05, 0.1) is 11.0 Å². The van der Waals surface area contributed by atoms with Gasteiger partial charge in [-0.2, -0.15) is 0 Å². The highest BCUT2D eigenvalue weighted by molar-refractivity contribution is 7.68. The number of hydrogen-bond acceptors (Lipinski definition) is 0. The maximum absolute atomic E-state index is 2.56. The largest absolute Gasteiger partial charge is 0.309 e. The first-order valence-electron chi connectivity index (χ1n) is 36.9. The lowest BCUT2D eigenvalue weighted by Gasteiger charge is -2.45. The third-order valence-electron chi connectivity index (χ3n) is 23.7. The van der Waals surface area contributed by atoms with Crippen molar-refractivity contribution in [1.82, 2.24) is 4.57 Å². The number of benzene rings is 15. The summed E-state index contributed by atoms with van der Waals surface area (Å²) in [5.41, 5.74) is 33.3. The molecule has 0 amide bonds. The zero-order valence-corrected chi connectivity index (χ0v) is 61.1. The van der Waals surface area contributed by atoms with E-state index in [0.29, 0.717) is 0 Å². The molecule has 2 aliphatic carbocycles. The highest BCUT2D eigenvalue weighted by atomic mass is 31.1. The molecule has 1 atom stereocenters. The molecule has 0 aliphatic heterocycles. The first-order valence-corrected chi connectivity index (χ1v) is 38.2. The molecule has 0 spiro atoms. The molecule has 0 N–H and O–H groups in total. The van der Waals surface area contributed by atoms with Crippen molar-refractivity contribution in [3.05, 3.63) is 384 Å². The molecule has 0 saturated heterocycles. The highest BCUT2D eigenvalue weighted by Gasteiger charge is 2.45. The van der Waals surface area contributed by atoms with Crippen LogP contribution in [0, 0.1) is 0 Å². The number of aromatic nitrogens is 1. The van der Waals surface area contributed by atoms with Gasteiger partial charge in [-0.05, 0) is 235 Å². The van der Waals surface area contributed by atoms with Gasteiger partial charge in [0.2, 0.25) is 0 Å². The van der Waals surface area contributed by atoms with Crippen LogP contribution in [0.5, 0.6) is 0 Å². The van der Waals surface area contributed by atoms with Crippen molar-refractivity contribution in [2.45, 2.75) is 77.0 Å². The van der Waals surface area contributed by atoms with Gasteiger partial charge in [0, 0.05) is 48.4 Å². The molecule has 0 radical (unpaired) electrons. The Morgan fingerprint density at radius 3 is 1.12 bits per heavy atom. The van der Waals surface area contributed by atoms with E-state index in [9.17, 15) is 0 Å². The van der Waals surface area contributed by atoms with Gasteiger partial charge < -0.3 is 4.57 Å². The topological polar surface area (TPSA) is 4.93 Å². The molecule has 0 saturated carbocycles. The van der Waals surface area contributed by atoms with Gasteiger partial charge in [-0.15, -0.1) is 0 Å². The van der Waals surface area contributed by atoms with Crippen LogP contribution in [-0.4, -0.2) is 4.57 Å². The lowest BCUT2D eigenvalue weighted by atomic mass is 9.58. The van der Waals surface area contributed by atoms with E-state index in [1.165, 1.54) is 182 Å². The van der Waals surface area contributed by atoms with E-state index < -0.39 is 7.53 Å². The molecule has 15 aromatic carbocycles. The number of hydrogen-bond donors (Lipinski definition) is 0. The number of fused-ring (bicyclic) bond motifs is 10. The number of nitrogens with zero attached hydrogens (tertiary/aromatic N) is 1. The molecule has 19 rings (SSSR count). The van der Waals surface area contributed by atoms with Gasteiger partial charge in [0.25, 0.3) is 0 Å². The Balaban J connectivity index is 0.737. The fourth-order valence-electron chi connectivity index (χ4n) is 18.6. The third-order valence-corrected chi connectivity index (χ3v) is 26.2. The molecule has 2 aliphatic rings. The van der Waals surface area contributed by atoms with E-state index in [-0.39, 0.29) is 21.7 Å². The summed E-state index contributed by atoms with van der Waals surface area (Å²) >= 11 is 0. The van der Waals surface area contributed by atoms with Crippen LogP contribution in [0.15, 0.2) is 340 Å². The molecule has 1 unspecified atom stereocenters. The standard InChI is InChI=1S/C102H80NP/c1-99(2)87-45-17-19-47-89(87)101(5,6)97-81(43-27-49-91(97)99)77-58-76(59-78(60-77)82-44-28-50-92-98(82)102(7,8)90-48-20-18-46-88(90)100(92,3)4)70-36-23-33-67(53-70)71-37-25-39-79(61-71)103-93-51-21-15-41-83(93)85-63-86-84-42-16-22-52-95(84)104(96(86)64-94(85)103)80-40-26-38-72(62-80)68-34-24-35-69(54-68)75-56-73(65-29-11-9-12-30-65)55-74(57-75)66-31-13-10-14-32-66/h9-64H,1-8H3. The van der Waals surface area contributed by atoms with Crippen LogP contribution in [0.2, 0.25) is 0 Å².